The number of pyridine rings is 2. The summed E-state index contributed by atoms with van der Waals surface area (Å²) in [5, 5.41) is 0.765. The van der Waals surface area contributed by atoms with Crippen molar-refractivity contribution in [2.24, 2.45) is 0 Å². The van der Waals surface area contributed by atoms with Crippen LogP contribution in [0.2, 0.25) is 0 Å². The van der Waals surface area contributed by atoms with Gasteiger partial charge in [-0.15, -0.1) is 0 Å². The molecule has 0 aliphatic rings. The predicted octanol–water partition coefficient (Wildman–Crippen LogP) is 5.04. The van der Waals surface area contributed by atoms with E-state index >= 15 is 0 Å². The van der Waals surface area contributed by atoms with Crippen LogP contribution in [0.1, 0.15) is 5.56 Å². The number of halogens is 1. The van der Waals surface area contributed by atoms with E-state index in [-0.39, 0.29) is 4.90 Å². The van der Waals surface area contributed by atoms with Gasteiger partial charge in [0.15, 0.2) is 5.65 Å². The van der Waals surface area contributed by atoms with E-state index in [2.05, 4.69) is 40.6 Å². The van der Waals surface area contributed by atoms with Gasteiger partial charge in [0.05, 0.1) is 11.0 Å². The zero-order chi connectivity index (χ0) is 21.6. The molecule has 7 nitrogen and oxygen atoms in total. The maximum absolute atomic E-state index is 13.0. The van der Waals surface area contributed by atoms with Crippen molar-refractivity contribution < 1.29 is 8.42 Å². The number of nitrogens with zero attached hydrogens (tertiary/aromatic N) is 3. The van der Waals surface area contributed by atoms with Crippen LogP contribution in [0.25, 0.3) is 33.5 Å². The molecule has 5 aromatic rings. The predicted molar refractivity (Wildman–Crippen MR) is 124 cm³/mol. The lowest BCUT2D eigenvalue weighted by molar-refractivity contribution is 0.602. The number of aromatic amines is 1. The lowest BCUT2D eigenvalue weighted by atomic mass is 10.2. The Hall–Kier alpha value is -3.30. The Morgan fingerprint density at radius 1 is 1.00 bits per heavy atom. The van der Waals surface area contributed by atoms with E-state index in [1.165, 1.54) is 0 Å². The molecule has 0 amide bonds. The van der Waals surface area contributed by atoms with Gasteiger partial charge in [-0.1, -0.05) is 18.2 Å². The zero-order valence-electron chi connectivity index (χ0n) is 16.3. The Kier molecular flexibility index (Phi) is 4.71. The fourth-order valence-electron chi connectivity index (χ4n) is 3.39. The van der Waals surface area contributed by atoms with Crippen LogP contribution in [0, 0.1) is 6.92 Å². The minimum absolute atomic E-state index is 0.138. The minimum Gasteiger partial charge on any atom is -0.336 e. The molecule has 5 rings (SSSR count). The highest BCUT2D eigenvalue weighted by Gasteiger charge is 2.18. The summed E-state index contributed by atoms with van der Waals surface area (Å²) in [5.41, 5.74) is 4.22. The molecule has 0 unspecified atom stereocenters. The lowest BCUT2D eigenvalue weighted by Gasteiger charge is -2.10. The first-order chi connectivity index (χ1) is 14.9. The van der Waals surface area contributed by atoms with Crippen molar-refractivity contribution in [2.45, 2.75) is 11.8 Å². The number of hydrogen-bond donors (Lipinski definition) is 2. The second kappa shape index (κ2) is 7.44. The number of hydrogen-bond acceptors (Lipinski definition) is 5. The highest BCUT2D eigenvalue weighted by Crippen LogP contribution is 2.27. The van der Waals surface area contributed by atoms with Gasteiger partial charge in [-0.2, -0.15) is 0 Å². The fourth-order valence-corrected chi connectivity index (χ4v) is 4.93. The summed E-state index contributed by atoms with van der Waals surface area (Å²) in [4.78, 5) is 16.5. The number of nitrogens with one attached hydrogen (secondary N) is 2. The van der Waals surface area contributed by atoms with Crippen molar-refractivity contribution in [1.82, 2.24) is 19.9 Å². The normalized spacial score (nSPS) is 11.8. The van der Waals surface area contributed by atoms with Crippen LogP contribution in [0.5, 0.6) is 0 Å². The first kappa shape index (κ1) is 19.7. The number of rotatable bonds is 4. The van der Waals surface area contributed by atoms with Gasteiger partial charge < -0.3 is 4.98 Å². The highest BCUT2D eigenvalue weighted by molar-refractivity contribution is 9.10. The summed E-state index contributed by atoms with van der Waals surface area (Å²) in [7, 11) is -3.80. The maximum atomic E-state index is 13.0. The molecule has 9 heteroatoms. The second-order valence-corrected chi connectivity index (χ2v) is 9.53. The number of fused-ring (bicyclic) bond motifs is 2. The SMILES string of the molecule is Cc1c(Br)cnc2nc(-c3ccc(NS(=O)(=O)c4cccc5cccnc45)cc3)[nH]c12. The molecule has 0 fully saturated rings. The first-order valence-corrected chi connectivity index (χ1v) is 11.7. The van der Waals surface area contributed by atoms with Crippen molar-refractivity contribution in [3.8, 4) is 11.4 Å². The molecule has 31 heavy (non-hydrogen) atoms. The molecule has 0 atom stereocenters. The molecule has 3 heterocycles. The minimum atomic E-state index is -3.80. The van der Waals surface area contributed by atoms with Crippen molar-refractivity contribution >= 4 is 53.7 Å². The van der Waals surface area contributed by atoms with Gasteiger partial charge in [0, 0.05) is 33.5 Å². The smallest absolute Gasteiger partial charge is 0.264 e. The van der Waals surface area contributed by atoms with Gasteiger partial charge in [0.25, 0.3) is 10.0 Å². The van der Waals surface area contributed by atoms with Gasteiger partial charge in [-0.25, -0.2) is 18.4 Å². The van der Waals surface area contributed by atoms with Gasteiger partial charge >= 0.3 is 0 Å². The molecule has 0 aliphatic carbocycles. The maximum Gasteiger partial charge on any atom is 0.264 e. The Morgan fingerprint density at radius 2 is 1.77 bits per heavy atom. The Labute approximate surface area is 186 Å². The van der Waals surface area contributed by atoms with Crippen molar-refractivity contribution in [3.63, 3.8) is 0 Å². The van der Waals surface area contributed by atoms with Crippen molar-refractivity contribution in [1.29, 1.82) is 0 Å². The third-order valence-electron chi connectivity index (χ3n) is 5.01. The van der Waals surface area contributed by atoms with Crippen LogP contribution in [0.4, 0.5) is 5.69 Å². The van der Waals surface area contributed by atoms with E-state index in [1.807, 2.05) is 19.1 Å². The van der Waals surface area contributed by atoms with E-state index in [1.54, 1.807) is 54.9 Å². The average molecular weight is 494 g/mol. The van der Waals surface area contributed by atoms with E-state index in [4.69, 9.17) is 0 Å². The summed E-state index contributed by atoms with van der Waals surface area (Å²) in [6.45, 7) is 1.98. The topological polar surface area (TPSA) is 101 Å². The fraction of sp³-hybridized carbons (Fsp3) is 0.0455. The Morgan fingerprint density at radius 3 is 2.58 bits per heavy atom. The largest absolute Gasteiger partial charge is 0.336 e. The number of aryl methyl sites for hydroxylation is 1. The molecule has 2 N–H and O–H groups in total. The third-order valence-corrected chi connectivity index (χ3v) is 7.23. The molecule has 0 saturated carbocycles. The Balaban J connectivity index is 1.46. The number of H-pyrrole nitrogens is 1. The van der Waals surface area contributed by atoms with Gasteiger partial charge in [0.1, 0.15) is 10.7 Å². The summed E-state index contributed by atoms with van der Waals surface area (Å²) < 4.78 is 29.5. The van der Waals surface area contributed by atoms with Gasteiger partial charge in [-0.3, -0.25) is 9.71 Å². The molecule has 0 aliphatic heterocycles. The van der Waals surface area contributed by atoms with Crippen LogP contribution in [0.15, 0.2) is 76.4 Å². The second-order valence-electron chi connectivity index (χ2n) is 7.03. The van der Waals surface area contributed by atoms with E-state index in [0.29, 0.717) is 22.7 Å². The van der Waals surface area contributed by atoms with Gasteiger partial charge in [-0.05, 0) is 64.8 Å². The number of imidazole rings is 1. The van der Waals surface area contributed by atoms with E-state index in [9.17, 15) is 8.42 Å². The van der Waals surface area contributed by atoms with Crippen LogP contribution in [-0.4, -0.2) is 28.4 Å². The standard InChI is InChI=1S/C22H16BrN5O2S/c1-13-17(23)12-25-22-19(13)26-21(27-22)15-7-9-16(10-8-15)28-31(29,30)18-6-2-4-14-5-3-11-24-20(14)18/h2-12,28H,1H3,(H,25,26,27). The molecule has 0 saturated heterocycles. The lowest BCUT2D eigenvalue weighted by Crippen LogP contribution is -2.13. The first-order valence-electron chi connectivity index (χ1n) is 9.40. The van der Waals surface area contributed by atoms with Crippen LogP contribution < -0.4 is 4.72 Å². The van der Waals surface area contributed by atoms with Gasteiger partial charge in [0.2, 0.25) is 0 Å². The summed E-state index contributed by atoms with van der Waals surface area (Å²) in [6, 6.07) is 15.7. The third kappa shape index (κ3) is 3.55. The summed E-state index contributed by atoms with van der Waals surface area (Å²) in [6.07, 6.45) is 3.31. The van der Waals surface area contributed by atoms with Crippen LogP contribution >= 0.6 is 15.9 Å². The molecular formula is C22H16BrN5O2S. The van der Waals surface area contributed by atoms with E-state index in [0.717, 1.165) is 26.5 Å². The molecule has 0 radical (unpaired) electrons. The number of benzene rings is 2. The summed E-state index contributed by atoms with van der Waals surface area (Å²) in [5.74, 6) is 0.663. The zero-order valence-corrected chi connectivity index (χ0v) is 18.7. The van der Waals surface area contributed by atoms with Crippen LogP contribution in [-0.2, 0) is 10.0 Å². The molecule has 2 aromatic carbocycles. The number of sulfonamides is 1. The van der Waals surface area contributed by atoms with E-state index < -0.39 is 10.0 Å². The molecular weight excluding hydrogens is 478 g/mol. The quantitative estimate of drug-likeness (QED) is 0.365. The molecule has 0 bridgehead atoms. The van der Waals surface area contributed by atoms with Crippen molar-refractivity contribution in [3.05, 3.63) is 77.0 Å². The monoisotopic (exact) mass is 493 g/mol. The summed E-state index contributed by atoms with van der Waals surface area (Å²) >= 11 is 3.47. The number of para-hydroxylation sites is 1. The van der Waals surface area contributed by atoms with Crippen LogP contribution in [0.3, 0.4) is 0 Å². The molecule has 0 spiro atoms. The van der Waals surface area contributed by atoms with Crippen molar-refractivity contribution in [2.75, 3.05) is 4.72 Å². The molecule has 154 valence electrons. The number of anilines is 1. The highest BCUT2D eigenvalue weighted by atomic mass is 79.9. The Bertz CT molecular complexity index is 1540. The average Bonchev–Trinajstić information content (AvgIpc) is 3.21. The number of aromatic nitrogens is 4. The molecule has 3 aromatic heterocycles.